The molecule has 0 aliphatic carbocycles. The van der Waals surface area contributed by atoms with Crippen LogP contribution < -0.4 is 14.4 Å². The molecule has 0 saturated carbocycles. The van der Waals surface area contributed by atoms with Gasteiger partial charge in [-0.05, 0) is 36.2 Å². The maximum Gasteiger partial charge on any atom is 0.260 e. The normalized spacial score (nSPS) is 13.5. The fourth-order valence-electron chi connectivity index (χ4n) is 3.09. The van der Waals surface area contributed by atoms with Gasteiger partial charge in [0.2, 0.25) is 5.91 Å². The van der Waals surface area contributed by atoms with E-state index in [0.717, 1.165) is 12.1 Å². The van der Waals surface area contributed by atoms with Crippen molar-refractivity contribution in [2.24, 2.45) is 0 Å². The second kappa shape index (κ2) is 8.73. The van der Waals surface area contributed by atoms with Crippen LogP contribution in [0.5, 0.6) is 11.5 Å². The van der Waals surface area contributed by atoms with Gasteiger partial charge in [-0.2, -0.15) is 0 Å². The van der Waals surface area contributed by atoms with E-state index in [1.165, 1.54) is 24.1 Å². The van der Waals surface area contributed by atoms with E-state index >= 15 is 0 Å². The highest BCUT2D eigenvalue weighted by Crippen LogP contribution is 2.25. The largest absolute Gasteiger partial charge is 0.494 e. The molecule has 0 spiro atoms. The molecule has 148 valence electrons. The lowest BCUT2D eigenvalue weighted by Crippen LogP contribution is -2.31. The molecular formula is C21H23FN2O4. The summed E-state index contributed by atoms with van der Waals surface area (Å²) in [5.41, 5.74) is 1.43. The minimum atomic E-state index is -0.467. The number of hydrogen-bond donors (Lipinski definition) is 0. The molecule has 7 heteroatoms. The summed E-state index contributed by atoms with van der Waals surface area (Å²) in [6, 6.07) is 11.7. The van der Waals surface area contributed by atoms with E-state index in [-0.39, 0.29) is 30.7 Å². The van der Waals surface area contributed by atoms with Crippen molar-refractivity contribution in [1.82, 2.24) is 4.90 Å². The van der Waals surface area contributed by atoms with Crippen molar-refractivity contribution in [1.29, 1.82) is 0 Å². The SMILES string of the molecule is COc1ccc(CN(C)C(=O)COc2cccc(N3CCCC3=O)c2)cc1F. The third-order valence-electron chi connectivity index (χ3n) is 4.63. The molecule has 2 aromatic rings. The third-order valence-corrected chi connectivity index (χ3v) is 4.63. The molecule has 3 rings (SSSR count). The summed E-state index contributed by atoms with van der Waals surface area (Å²) >= 11 is 0. The van der Waals surface area contributed by atoms with E-state index in [4.69, 9.17) is 9.47 Å². The fourth-order valence-corrected chi connectivity index (χ4v) is 3.09. The number of ether oxygens (including phenoxy) is 2. The van der Waals surface area contributed by atoms with Gasteiger partial charge < -0.3 is 19.3 Å². The summed E-state index contributed by atoms with van der Waals surface area (Å²) in [7, 11) is 3.03. The zero-order chi connectivity index (χ0) is 20.1. The second-order valence-electron chi connectivity index (χ2n) is 6.65. The molecule has 1 saturated heterocycles. The first-order valence-electron chi connectivity index (χ1n) is 9.07. The van der Waals surface area contributed by atoms with Crippen LogP contribution in [0.4, 0.5) is 10.1 Å². The van der Waals surface area contributed by atoms with E-state index < -0.39 is 5.82 Å². The topological polar surface area (TPSA) is 59.1 Å². The van der Waals surface area contributed by atoms with Crippen molar-refractivity contribution in [2.45, 2.75) is 19.4 Å². The highest BCUT2D eigenvalue weighted by atomic mass is 19.1. The number of likely N-dealkylation sites (N-methyl/N-ethyl adjacent to an activating group) is 1. The number of carbonyl (C=O) groups is 2. The molecule has 0 bridgehead atoms. The highest BCUT2D eigenvalue weighted by Gasteiger charge is 2.22. The number of carbonyl (C=O) groups excluding carboxylic acids is 2. The van der Waals surface area contributed by atoms with Crippen LogP contribution >= 0.6 is 0 Å². The Morgan fingerprint density at radius 2 is 2.07 bits per heavy atom. The summed E-state index contributed by atoms with van der Waals surface area (Å²) in [4.78, 5) is 27.4. The Bertz CT molecular complexity index is 871. The Balaban J connectivity index is 1.56. The zero-order valence-corrected chi connectivity index (χ0v) is 16.0. The predicted octanol–water partition coefficient (Wildman–Crippen LogP) is 3.00. The summed E-state index contributed by atoms with van der Waals surface area (Å²) in [5.74, 6) is 0.0795. The van der Waals surface area contributed by atoms with E-state index in [9.17, 15) is 14.0 Å². The van der Waals surface area contributed by atoms with Gasteiger partial charge in [0.05, 0.1) is 7.11 Å². The molecule has 1 heterocycles. The van der Waals surface area contributed by atoms with Crippen LogP contribution in [-0.4, -0.2) is 44.0 Å². The maximum atomic E-state index is 13.8. The van der Waals surface area contributed by atoms with Gasteiger partial charge in [0.15, 0.2) is 18.2 Å². The number of nitrogens with zero attached hydrogens (tertiary/aromatic N) is 2. The van der Waals surface area contributed by atoms with Crippen LogP contribution in [0.1, 0.15) is 18.4 Å². The highest BCUT2D eigenvalue weighted by molar-refractivity contribution is 5.95. The van der Waals surface area contributed by atoms with Crippen LogP contribution in [0.15, 0.2) is 42.5 Å². The Morgan fingerprint density at radius 3 is 2.75 bits per heavy atom. The molecule has 2 aromatic carbocycles. The van der Waals surface area contributed by atoms with Gasteiger partial charge in [-0.1, -0.05) is 12.1 Å². The molecule has 0 unspecified atom stereocenters. The van der Waals surface area contributed by atoms with Crippen molar-refractivity contribution in [3.05, 3.63) is 53.8 Å². The molecule has 1 aliphatic heterocycles. The van der Waals surface area contributed by atoms with Gasteiger partial charge in [0.1, 0.15) is 5.75 Å². The lowest BCUT2D eigenvalue weighted by Gasteiger charge is -2.19. The summed E-state index contributed by atoms with van der Waals surface area (Å²) < 4.78 is 24.3. The molecule has 0 radical (unpaired) electrons. The quantitative estimate of drug-likeness (QED) is 0.734. The monoisotopic (exact) mass is 386 g/mol. The number of halogens is 1. The number of anilines is 1. The molecule has 28 heavy (non-hydrogen) atoms. The van der Waals surface area contributed by atoms with Crippen molar-refractivity contribution in [2.75, 3.05) is 32.2 Å². The molecule has 6 nitrogen and oxygen atoms in total. The van der Waals surface area contributed by atoms with Gasteiger partial charge in [-0.25, -0.2) is 4.39 Å². The smallest absolute Gasteiger partial charge is 0.260 e. The maximum absolute atomic E-state index is 13.8. The zero-order valence-electron chi connectivity index (χ0n) is 16.0. The van der Waals surface area contributed by atoms with Crippen molar-refractivity contribution in [3.63, 3.8) is 0 Å². The fraction of sp³-hybridized carbons (Fsp3) is 0.333. The summed E-state index contributed by atoms with van der Waals surface area (Å²) in [6.45, 7) is 0.806. The first-order valence-corrected chi connectivity index (χ1v) is 9.07. The van der Waals surface area contributed by atoms with Crippen LogP contribution in [-0.2, 0) is 16.1 Å². The Morgan fingerprint density at radius 1 is 1.25 bits per heavy atom. The molecule has 0 aromatic heterocycles. The third kappa shape index (κ3) is 4.60. The van der Waals surface area contributed by atoms with E-state index in [1.807, 2.05) is 6.07 Å². The van der Waals surface area contributed by atoms with Gasteiger partial charge >= 0.3 is 0 Å². The number of hydrogen-bond acceptors (Lipinski definition) is 4. The van der Waals surface area contributed by atoms with Crippen LogP contribution in [0.2, 0.25) is 0 Å². The lowest BCUT2D eigenvalue weighted by atomic mass is 10.2. The van der Waals surface area contributed by atoms with E-state index in [1.54, 1.807) is 36.2 Å². The van der Waals surface area contributed by atoms with Crippen molar-refractivity contribution < 1.29 is 23.5 Å². The van der Waals surface area contributed by atoms with Gasteiger partial charge in [-0.15, -0.1) is 0 Å². The molecule has 2 amide bonds. The summed E-state index contributed by atoms with van der Waals surface area (Å²) in [5, 5.41) is 0. The van der Waals surface area contributed by atoms with Gasteiger partial charge in [-0.3, -0.25) is 9.59 Å². The van der Waals surface area contributed by atoms with E-state index in [2.05, 4.69) is 0 Å². The first kappa shape index (κ1) is 19.7. The molecule has 0 atom stereocenters. The minimum absolute atomic E-state index is 0.0969. The van der Waals surface area contributed by atoms with Gasteiger partial charge in [0, 0.05) is 38.3 Å². The van der Waals surface area contributed by atoms with Crippen molar-refractivity contribution >= 4 is 17.5 Å². The number of methoxy groups -OCH3 is 1. The van der Waals surface area contributed by atoms with Gasteiger partial charge in [0.25, 0.3) is 5.91 Å². The van der Waals surface area contributed by atoms with Crippen molar-refractivity contribution in [3.8, 4) is 11.5 Å². The standard InChI is InChI=1S/C21H23FN2O4/c1-23(13-15-8-9-19(27-2)18(22)11-15)21(26)14-28-17-6-3-5-16(12-17)24-10-4-7-20(24)25/h3,5-6,8-9,11-12H,4,7,10,13-14H2,1-2H3. The minimum Gasteiger partial charge on any atom is -0.494 e. The Labute approximate surface area is 163 Å². The Hall–Kier alpha value is -3.09. The van der Waals surface area contributed by atoms with Crippen LogP contribution in [0.3, 0.4) is 0 Å². The van der Waals surface area contributed by atoms with Crippen LogP contribution in [0.25, 0.3) is 0 Å². The Kier molecular flexibility index (Phi) is 6.13. The molecule has 0 N–H and O–H groups in total. The number of benzene rings is 2. The first-order chi connectivity index (χ1) is 13.5. The number of amides is 2. The molecule has 1 fully saturated rings. The number of rotatable bonds is 7. The molecular weight excluding hydrogens is 363 g/mol. The summed E-state index contributed by atoms with van der Waals surface area (Å²) in [6.07, 6.45) is 1.40. The average molecular weight is 386 g/mol. The second-order valence-corrected chi connectivity index (χ2v) is 6.65. The predicted molar refractivity (Wildman–Crippen MR) is 103 cm³/mol. The van der Waals surface area contributed by atoms with Crippen LogP contribution in [0, 0.1) is 5.82 Å². The van der Waals surface area contributed by atoms with E-state index in [0.29, 0.717) is 24.3 Å². The molecule has 1 aliphatic rings. The average Bonchev–Trinajstić information content (AvgIpc) is 3.12. The lowest BCUT2D eigenvalue weighted by molar-refractivity contribution is -0.132.